The van der Waals surface area contributed by atoms with Gasteiger partial charge >= 0.3 is 103 Å². The van der Waals surface area contributed by atoms with Gasteiger partial charge in [0.2, 0.25) is 0 Å². The van der Waals surface area contributed by atoms with Crippen LogP contribution in [0.15, 0.2) is 0 Å². The van der Waals surface area contributed by atoms with Crippen molar-refractivity contribution in [3.8, 4) is 0 Å². The van der Waals surface area contributed by atoms with Gasteiger partial charge in [-0.25, -0.2) is 0 Å². The fourth-order valence-corrected chi connectivity index (χ4v) is 0. The molecule has 0 aromatic carbocycles. The fourth-order valence-electron chi connectivity index (χ4n) is 0. The molecule has 0 fully saturated rings. The fraction of sp³-hybridized carbons (Fsp3) is 0. The molecular formula is C6H2CoK2N6-6. The topological polar surface area (TPSA) is 143 Å². The Bertz CT molecular complexity index is 110. The Labute approximate surface area is 189 Å². The first-order valence-corrected chi connectivity index (χ1v) is 1.34. The molecule has 0 aromatic rings. The number of hydrogen-bond donors (Lipinski definition) is 0. The van der Waals surface area contributed by atoms with Crippen LogP contribution in [0.3, 0.4) is 0 Å². The first-order valence-electron chi connectivity index (χ1n) is 1.34. The summed E-state index contributed by atoms with van der Waals surface area (Å²) >= 11 is 0. The van der Waals surface area contributed by atoms with E-state index < -0.39 is 0 Å². The summed E-state index contributed by atoms with van der Waals surface area (Å²) in [4.78, 5) is 0. The van der Waals surface area contributed by atoms with Crippen molar-refractivity contribution in [2.45, 2.75) is 0 Å². The van der Waals surface area contributed by atoms with Gasteiger partial charge in [0.25, 0.3) is 0 Å². The van der Waals surface area contributed by atoms with E-state index in [1.807, 2.05) is 0 Å². The molecule has 0 spiro atoms. The molecule has 0 aliphatic carbocycles. The average molecular weight is 295 g/mol. The Morgan fingerprint density at radius 1 is 0.400 bits per heavy atom. The second-order valence-electron chi connectivity index (χ2n) is 0. The van der Waals surface area contributed by atoms with Crippen LogP contribution in [0.5, 0.6) is 0 Å². The molecule has 0 aliphatic rings. The van der Waals surface area contributed by atoms with E-state index in [1.165, 1.54) is 0 Å². The van der Waals surface area contributed by atoms with E-state index in [9.17, 15) is 0 Å². The van der Waals surface area contributed by atoms with E-state index in [4.69, 9.17) is 71.0 Å². The van der Waals surface area contributed by atoms with Crippen molar-refractivity contribution in [1.29, 1.82) is 31.6 Å². The van der Waals surface area contributed by atoms with Crippen molar-refractivity contribution >= 4 is 0 Å². The molecule has 0 N–H and O–H groups in total. The van der Waals surface area contributed by atoms with Gasteiger partial charge in [0.1, 0.15) is 0 Å². The summed E-state index contributed by atoms with van der Waals surface area (Å²) in [7, 11) is 0. The third-order valence-corrected chi connectivity index (χ3v) is 0. The Morgan fingerprint density at radius 2 is 0.400 bits per heavy atom. The van der Waals surface area contributed by atoms with Crippen LogP contribution in [0.25, 0.3) is 0 Å². The molecule has 0 atom stereocenters. The van der Waals surface area contributed by atoms with E-state index >= 15 is 0 Å². The summed E-state index contributed by atoms with van der Waals surface area (Å²) in [6, 6.07) is 0. The standard InChI is InChI=1S/6CN.Co.2K.2H/c6*1-2;;;;;/q6*-1;;2*+1;2*-1. The van der Waals surface area contributed by atoms with Crippen LogP contribution in [0.4, 0.5) is 0 Å². The zero-order chi connectivity index (χ0) is 12.0. The van der Waals surface area contributed by atoms with Gasteiger partial charge < -0.3 is 73.9 Å². The molecule has 0 amide bonds. The van der Waals surface area contributed by atoms with Crippen molar-refractivity contribution in [3.63, 3.8) is 0 Å². The Hall–Kier alpha value is 0.719. The molecule has 1 radical (unpaired) electrons. The molecule has 0 bridgehead atoms. The maximum absolute atomic E-state index is 6.25. The minimum Gasteiger partial charge on any atom is -1.00 e. The SMILES string of the molecule is [C-]#N.[C-]#N.[C-]#N.[C-]#N.[C-]#N.[C-]#N.[Co].[H-].[H-].[K+].[K+]. The van der Waals surface area contributed by atoms with Gasteiger partial charge in [0, 0.05) is 16.8 Å². The van der Waals surface area contributed by atoms with E-state index in [0.717, 1.165) is 0 Å². The molecule has 0 saturated heterocycles. The van der Waals surface area contributed by atoms with Crippen LogP contribution in [0, 0.1) is 71.0 Å². The third-order valence-electron chi connectivity index (χ3n) is 0. The van der Waals surface area contributed by atoms with E-state index in [-0.39, 0.29) is 122 Å². The second-order valence-corrected chi connectivity index (χ2v) is 0. The number of nitrogens with zero attached hydrogens (tertiary/aromatic N) is 6. The molecule has 15 heavy (non-hydrogen) atoms. The van der Waals surface area contributed by atoms with Gasteiger partial charge in [-0.3, -0.25) is 0 Å². The predicted molar refractivity (Wildman–Crippen MR) is 32.0 cm³/mol. The summed E-state index contributed by atoms with van der Waals surface area (Å²) in [5.74, 6) is 0. The van der Waals surface area contributed by atoms with Crippen LogP contribution in [0.2, 0.25) is 0 Å². The molecule has 73 valence electrons. The monoisotopic (exact) mass is 295 g/mol. The minimum atomic E-state index is 0. The molecule has 6 nitrogen and oxygen atoms in total. The summed E-state index contributed by atoms with van der Waals surface area (Å²) in [5.41, 5.74) is 0. The van der Waals surface area contributed by atoms with Gasteiger partial charge in [-0.15, -0.1) is 0 Å². The van der Waals surface area contributed by atoms with Crippen LogP contribution >= 0.6 is 0 Å². The minimum absolute atomic E-state index is 0. The van der Waals surface area contributed by atoms with Crippen molar-refractivity contribution in [1.82, 2.24) is 0 Å². The molecule has 0 unspecified atom stereocenters. The van der Waals surface area contributed by atoms with Gasteiger partial charge in [-0.1, -0.05) is 0 Å². The average Bonchev–Trinajstić information content (AvgIpc) is 2.33. The molecule has 0 heterocycles. The van der Waals surface area contributed by atoms with Gasteiger partial charge in [0.05, 0.1) is 0 Å². The summed E-state index contributed by atoms with van der Waals surface area (Å²) in [6.45, 7) is 28.5. The first-order chi connectivity index (χ1) is 6.00. The zero-order valence-electron chi connectivity index (χ0n) is 10.0. The molecule has 0 rings (SSSR count). The molecular weight excluding hydrogens is 293 g/mol. The van der Waals surface area contributed by atoms with E-state index in [1.54, 1.807) is 0 Å². The first kappa shape index (κ1) is 75.4. The second kappa shape index (κ2) is 5360. The van der Waals surface area contributed by atoms with Crippen LogP contribution in [-0.2, 0) is 16.8 Å². The van der Waals surface area contributed by atoms with Crippen molar-refractivity contribution < 1.29 is 122 Å². The third kappa shape index (κ3) is 4600. The quantitative estimate of drug-likeness (QED) is 0.323. The smallest absolute Gasteiger partial charge is 1.00 e. The van der Waals surface area contributed by atoms with Crippen molar-refractivity contribution in [3.05, 3.63) is 39.4 Å². The predicted octanol–water partition coefficient (Wildman–Crippen LogP) is -5.19. The van der Waals surface area contributed by atoms with Crippen molar-refractivity contribution in [2.75, 3.05) is 0 Å². The van der Waals surface area contributed by atoms with Crippen molar-refractivity contribution in [2.24, 2.45) is 0 Å². The molecule has 0 aromatic heterocycles. The van der Waals surface area contributed by atoms with Crippen LogP contribution < -0.4 is 103 Å². The molecule has 9 heteroatoms. The Morgan fingerprint density at radius 3 is 0.400 bits per heavy atom. The molecule has 0 aliphatic heterocycles. The Balaban J connectivity index is -0.00000000267. The number of hydrogen-bond acceptors (Lipinski definition) is 6. The van der Waals surface area contributed by atoms with E-state index in [0.29, 0.717) is 0 Å². The van der Waals surface area contributed by atoms with Crippen LogP contribution in [0.1, 0.15) is 2.85 Å². The largest absolute Gasteiger partial charge is 1.00 e. The Kier molecular flexibility index (Phi) is 26900. The summed E-state index contributed by atoms with van der Waals surface area (Å²) < 4.78 is 0. The van der Waals surface area contributed by atoms with Gasteiger partial charge in [-0.2, -0.15) is 0 Å². The number of rotatable bonds is 0. The molecule has 0 saturated carbocycles. The summed E-state index contributed by atoms with van der Waals surface area (Å²) in [6.07, 6.45) is 0. The normalized spacial score (nSPS) is 0.800. The van der Waals surface area contributed by atoms with Gasteiger partial charge in [0.15, 0.2) is 0 Å². The maximum atomic E-state index is 6.25. The van der Waals surface area contributed by atoms with Crippen LogP contribution in [-0.4, -0.2) is 0 Å². The zero-order valence-corrected chi connectivity index (χ0v) is 15.3. The maximum Gasteiger partial charge on any atom is 1.00 e. The van der Waals surface area contributed by atoms with E-state index in [2.05, 4.69) is 0 Å². The van der Waals surface area contributed by atoms with Gasteiger partial charge in [-0.05, 0) is 0 Å². The summed E-state index contributed by atoms with van der Waals surface area (Å²) in [5, 5.41) is 37.5.